The maximum atomic E-state index is 5.69. The molecule has 0 radical (unpaired) electrons. The predicted molar refractivity (Wildman–Crippen MR) is 73.5 cm³/mol. The summed E-state index contributed by atoms with van der Waals surface area (Å²) in [5.74, 6) is 0. The van der Waals surface area contributed by atoms with Gasteiger partial charge in [0.2, 0.25) is 0 Å². The van der Waals surface area contributed by atoms with Gasteiger partial charge >= 0.3 is 0 Å². The van der Waals surface area contributed by atoms with E-state index in [4.69, 9.17) is 4.43 Å². The van der Waals surface area contributed by atoms with Gasteiger partial charge in [0.15, 0.2) is 0 Å². The fourth-order valence-corrected chi connectivity index (χ4v) is 2.41. The van der Waals surface area contributed by atoms with Crippen molar-refractivity contribution in [3.8, 4) is 0 Å². The third-order valence-corrected chi connectivity index (χ3v) is 3.42. The van der Waals surface area contributed by atoms with E-state index in [2.05, 4.69) is 51.1 Å². The summed E-state index contributed by atoms with van der Waals surface area (Å²) < 4.78 is 5.69. The first kappa shape index (κ1) is 13.5. The lowest BCUT2D eigenvalue weighted by Crippen LogP contribution is -2.07. The molecule has 16 heavy (non-hydrogen) atoms. The minimum Gasteiger partial charge on any atom is -0.421 e. The Labute approximate surface area is 103 Å². The summed E-state index contributed by atoms with van der Waals surface area (Å²) in [6.45, 7) is 6.89. The predicted octanol–water partition coefficient (Wildman–Crippen LogP) is 3.24. The smallest absolute Gasteiger partial charge is 0.146 e. The standard InChI is InChI=1S/C14H24OSi/c1-14(2,3)11-7-10-13(15-16)12-8-5-4-6-9-12/h4-6,8-9,13H,7,10-11H2,1-3,16H3. The minimum atomic E-state index is 0.315. The van der Waals surface area contributed by atoms with Crippen molar-refractivity contribution in [2.75, 3.05) is 0 Å². The summed E-state index contributed by atoms with van der Waals surface area (Å²) in [4.78, 5) is 0. The van der Waals surface area contributed by atoms with Crippen LogP contribution in [0.4, 0.5) is 0 Å². The molecule has 0 spiro atoms. The molecule has 1 aromatic rings. The van der Waals surface area contributed by atoms with Gasteiger partial charge in [-0.05, 0) is 23.8 Å². The maximum Gasteiger partial charge on any atom is 0.146 e. The largest absolute Gasteiger partial charge is 0.421 e. The van der Waals surface area contributed by atoms with Crippen LogP contribution in [0.5, 0.6) is 0 Å². The zero-order valence-electron chi connectivity index (χ0n) is 11.0. The van der Waals surface area contributed by atoms with Crippen LogP contribution in [0.15, 0.2) is 30.3 Å². The Hall–Kier alpha value is -0.603. The van der Waals surface area contributed by atoms with Crippen molar-refractivity contribution in [2.24, 2.45) is 5.41 Å². The van der Waals surface area contributed by atoms with Crippen LogP contribution in [0.2, 0.25) is 0 Å². The Morgan fingerprint density at radius 3 is 2.31 bits per heavy atom. The third kappa shape index (κ3) is 4.95. The first-order valence-electron chi connectivity index (χ1n) is 6.11. The summed E-state index contributed by atoms with van der Waals surface area (Å²) >= 11 is 0. The zero-order chi connectivity index (χ0) is 12.0. The van der Waals surface area contributed by atoms with E-state index in [1.807, 2.05) is 0 Å². The fraction of sp³-hybridized carbons (Fsp3) is 0.571. The van der Waals surface area contributed by atoms with Crippen LogP contribution < -0.4 is 0 Å². The Kier molecular flexibility index (Phi) is 5.23. The molecule has 1 atom stereocenters. The van der Waals surface area contributed by atoms with Crippen molar-refractivity contribution in [3.05, 3.63) is 35.9 Å². The van der Waals surface area contributed by atoms with Crippen LogP contribution >= 0.6 is 0 Å². The quantitative estimate of drug-likeness (QED) is 0.713. The Balaban J connectivity index is 2.45. The van der Waals surface area contributed by atoms with Crippen LogP contribution in [-0.2, 0) is 4.43 Å². The molecule has 0 N–H and O–H groups in total. The van der Waals surface area contributed by atoms with Gasteiger partial charge in [0.05, 0.1) is 6.10 Å². The van der Waals surface area contributed by atoms with Crippen molar-refractivity contribution < 1.29 is 4.43 Å². The summed E-state index contributed by atoms with van der Waals surface area (Å²) in [5.41, 5.74) is 1.76. The highest BCUT2D eigenvalue weighted by Crippen LogP contribution is 2.27. The Morgan fingerprint density at radius 1 is 1.19 bits per heavy atom. The second-order valence-electron chi connectivity index (χ2n) is 5.59. The highest BCUT2D eigenvalue weighted by atomic mass is 28.2. The number of benzene rings is 1. The first-order valence-corrected chi connectivity index (χ1v) is 6.92. The summed E-state index contributed by atoms with van der Waals surface area (Å²) in [6, 6.07) is 10.6. The molecule has 0 amide bonds. The van der Waals surface area contributed by atoms with Gasteiger partial charge in [-0.25, -0.2) is 0 Å². The van der Waals surface area contributed by atoms with Gasteiger partial charge in [-0.2, -0.15) is 0 Å². The van der Waals surface area contributed by atoms with Crippen LogP contribution in [0.1, 0.15) is 51.7 Å². The van der Waals surface area contributed by atoms with E-state index in [1.165, 1.54) is 18.4 Å². The Bertz CT molecular complexity index is 289. The van der Waals surface area contributed by atoms with E-state index in [-0.39, 0.29) is 0 Å². The second-order valence-corrected chi connectivity index (χ2v) is 6.06. The van der Waals surface area contributed by atoms with Gasteiger partial charge in [-0.1, -0.05) is 57.5 Å². The normalized spacial score (nSPS) is 13.9. The molecule has 0 fully saturated rings. The lowest BCUT2D eigenvalue weighted by atomic mass is 9.88. The van der Waals surface area contributed by atoms with Crippen molar-refractivity contribution in [3.63, 3.8) is 0 Å². The molecular formula is C14H24OSi. The van der Waals surface area contributed by atoms with Crippen molar-refractivity contribution >= 4 is 10.5 Å². The van der Waals surface area contributed by atoms with Gasteiger partial charge in [0.1, 0.15) is 10.5 Å². The molecule has 0 aliphatic heterocycles. The van der Waals surface area contributed by atoms with Crippen LogP contribution in [-0.4, -0.2) is 10.5 Å². The monoisotopic (exact) mass is 236 g/mol. The average Bonchev–Trinajstić information content (AvgIpc) is 2.24. The number of hydrogen-bond acceptors (Lipinski definition) is 1. The minimum absolute atomic E-state index is 0.315. The van der Waals surface area contributed by atoms with Gasteiger partial charge in [0.25, 0.3) is 0 Å². The van der Waals surface area contributed by atoms with E-state index in [0.717, 1.165) is 16.9 Å². The molecule has 0 saturated carbocycles. The van der Waals surface area contributed by atoms with E-state index < -0.39 is 0 Å². The van der Waals surface area contributed by atoms with E-state index >= 15 is 0 Å². The third-order valence-electron chi connectivity index (χ3n) is 2.85. The second kappa shape index (κ2) is 6.21. The molecule has 0 bridgehead atoms. The topological polar surface area (TPSA) is 9.23 Å². The van der Waals surface area contributed by atoms with Gasteiger partial charge in [-0.15, -0.1) is 0 Å². The molecule has 0 aliphatic rings. The molecular weight excluding hydrogens is 212 g/mol. The molecule has 0 saturated heterocycles. The fourth-order valence-electron chi connectivity index (χ4n) is 1.91. The molecule has 90 valence electrons. The molecule has 1 nitrogen and oxygen atoms in total. The van der Waals surface area contributed by atoms with E-state index in [1.54, 1.807) is 0 Å². The van der Waals surface area contributed by atoms with E-state index in [0.29, 0.717) is 11.5 Å². The maximum absolute atomic E-state index is 5.69. The van der Waals surface area contributed by atoms with Gasteiger partial charge < -0.3 is 4.43 Å². The number of hydrogen-bond donors (Lipinski definition) is 0. The molecule has 0 aromatic heterocycles. The van der Waals surface area contributed by atoms with Gasteiger partial charge in [-0.3, -0.25) is 0 Å². The lowest BCUT2D eigenvalue weighted by Gasteiger charge is -2.21. The summed E-state index contributed by atoms with van der Waals surface area (Å²) in [6.07, 6.45) is 3.97. The van der Waals surface area contributed by atoms with Crippen LogP contribution in [0.3, 0.4) is 0 Å². The molecule has 1 aromatic carbocycles. The number of rotatable bonds is 5. The van der Waals surface area contributed by atoms with Crippen LogP contribution in [0.25, 0.3) is 0 Å². The Morgan fingerprint density at radius 2 is 1.81 bits per heavy atom. The zero-order valence-corrected chi connectivity index (χ0v) is 13.0. The van der Waals surface area contributed by atoms with Crippen molar-refractivity contribution in [2.45, 2.75) is 46.1 Å². The SMILES string of the molecule is CC(C)(C)CCCC(O[SiH3])c1ccccc1. The summed E-state index contributed by atoms with van der Waals surface area (Å²) in [7, 11) is 0.813. The molecule has 0 aliphatic carbocycles. The van der Waals surface area contributed by atoms with Crippen molar-refractivity contribution in [1.82, 2.24) is 0 Å². The average molecular weight is 236 g/mol. The molecule has 1 rings (SSSR count). The molecule has 1 unspecified atom stereocenters. The molecule has 2 heteroatoms. The molecule has 0 heterocycles. The van der Waals surface area contributed by atoms with Gasteiger partial charge in [0, 0.05) is 0 Å². The summed E-state index contributed by atoms with van der Waals surface area (Å²) in [5, 5.41) is 0. The highest BCUT2D eigenvalue weighted by molar-refractivity contribution is 5.98. The van der Waals surface area contributed by atoms with E-state index in [9.17, 15) is 0 Å². The van der Waals surface area contributed by atoms with Crippen LogP contribution in [0, 0.1) is 5.41 Å². The van der Waals surface area contributed by atoms with Crippen molar-refractivity contribution in [1.29, 1.82) is 0 Å². The first-order chi connectivity index (χ1) is 7.53. The highest BCUT2D eigenvalue weighted by Gasteiger charge is 2.13. The lowest BCUT2D eigenvalue weighted by molar-refractivity contribution is 0.201.